The van der Waals surface area contributed by atoms with E-state index in [1.165, 1.54) is 5.56 Å². The van der Waals surface area contributed by atoms with E-state index in [0.29, 0.717) is 13.1 Å². The molecule has 1 N–H and O–H groups in total. The number of benzene rings is 1. The van der Waals surface area contributed by atoms with Crippen LogP contribution in [0.3, 0.4) is 0 Å². The molecular formula is C24H38N4O2. The molecule has 0 aromatic heterocycles. The summed E-state index contributed by atoms with van der Waals surface area (Å²) in [6, 6.07) is 8.52. The Hall–Kier alpha value is -1.92. The second-order valence-electron chi connectivity index (χ2n) is 9.96. The summed E-state index contributed by atoms with van der Waals surface area (Å²) in [7, 11) is 2.17. The van der Waals surface area contributed by atoms with Crippen LogP contribution in [0.25, 0.3) is 0 Å². The van der Waals surface area contributed by atoms with Gasteiger partial charge in [-0.25, -0.2) is 0 Å². The number of piperidine rings is 1. The first-order valence-electron chi connectivity index (χ1n) is 11.3. The first-order valence-corrected chi connectivity index (χ1v) is 11.3. The Labute approximate surface area is 181 Å². The maximum Gasteiger partial charge on any atom is 0.227 e. The summed E-state index contributed by atoms with van der Waals surface area (Å²) in [5, 5.41) is 3.11. The molecule has 30 heavy (non-hydrogen) atoms. The standard InChI is InChI=1S/C24H38N4O2/c1-24(2,3)23(30)28-10-6-9-21(18-28)22(29)25-16-19-7-5-8-20(15-19)17-27-13-11-26(4)12-14-27/h5,7-8,15,21H,6,9-14,16-18H2,1-4H3,(H,25,29). The van der Waals surface area contributed by atoms with Crippen LogP contribution >= 0.6 is 0 Å². The average molecular weight is 415 g/mol. The quantitative estimate of drug-likeness (QED) is 0.804. The van der Waals surface area contributed by atoms with Gasteiger partial charge in [0.25, 0.3) is 0 Å². The Morgan fingerprint density at radius 1 is 1.07 bits per heavy atom. The van der Waals surface area contributed by atoms with Crippen molar-refractivity contribution in [2.24, 2.45) is 11.3 Å². The van der Waals surface area contributed by atoms with Crippen molar-refractivity contribution in [3.63, 3.8) is 0 Å². The highest BCUT2D eigenvalue weighted by Crippen LogP contribution is 2.23. The van der Waals surface area contributed by atoms with E-state index in [-0.39, 0.29) is 17.7 Å². The van der Waals surface area contributed by atoms with Crippen molar-refractivity contribution in [3.05, 3.63) is 35.4 Å². The average Bonchev–Trinajstić information content (AvgIpc) is 2.73. The van der Waals surface area contributed by atoms with Gasteiger partial charge in [-0.2, -0.15) is 0 Å². The number of carbonyl (C=O) groups excluding carboxylic acids is 2. The maximum absolute atomic E-state index is 12.8. The summed E-state index contributed by atoms with van der Waals surface area (Å²) in [4.78, 5) is 32.1. The lowest BCUT2D eigenvalue weighted by Crippen LogP contribution is -2.48. The minimum Gasteiger partial charge on any atom is -0.352 e. The maximum atomic E-state index is 12.8. The number of likely N-dealkylation sites (tertiary alicyclic amines) is 1. The molecule has 2 aliphatic rings. The van der Waals surface area contributed by atoms with E-state index in [1.54, 1.807) is 0 Å². The molecule has 0 spiro atoms. The summed E-state index contributed by atoms with van der Waals surface area (Å²) in [5.41, 5.74) is 2.03. The second kappa shape index (κ2) is 9.92. The van der Waals surface area contributed by atoms with Crippen molar-refractivity contribution in [1.82, 2.24) is 20.0 Å². The van der Waals surface area contributed by atoms with Crippen LogP contribution in [0.4, 0.5) is 0 Å². The molecule has 1 aromatic rings. The molecule has 2 saturated heterocycles. The van der Waals surface area contributed by atoms with Crippen LogP contribution in [0.15, 0.2) is 24.3 Å². The molecule has 0 radical (unpaired) electrons. The smallest absolute Gasteiger partial charge is 0.227 e. The van der Waals surface area contributed by atoms with Crippen molar-refractivity contribution in [2.45, 2.75) is 46.7 Å². The van der Waals surface area contributed by atoms with E-state index in [9.17, 15) is 9.59 Å². The van der Waals surface area contributed by atoms with Crippen molar-refractivity contribution >= 4 is 11.8 Å². The summed E-state index contributed by atoms with van der Waals surface area (Å²) in [5.74, 6) is 0.0843. The van der Waals surface area contributed by atoms with Crippen molar-refractivity contribution in [3.8, 4) is 0 Å². The third-order valence-electron chi connectivity index (χ3n) is 6.18. The van der Waals surface area contributed by atoms with Crippen molar-refractivity contribution in [1.29, 1.82) is 0 Å². The minimum absolute atomic E-state index is 0.0610. The van der Waals surface area contributed by atoms with Gasteiger partial charge < -0.3 is 15.1 Å². The zero-order chi connectivity index (χ0) is 21.7. The lowest BCUT2D eigenvalue weighted by atomic mass is 9.91. The number of piperazine rings is 1. The highest BCUT2D eigenvalue weighted by molar-refractivity contribution is 5.83. The fourth-order valence-corrected chi connectivity index (χ4v) is 4.29. The topological polar surface area (TPSA) is 55.9 Å². The highest BCUT2D eigenvalue weighted by atomic mass is 16.2. The van der Waals surface area contributed by atoms with Crippen LogP contribution in [0.2, 0.25) is 0 Å². The van der Waals surface area contributed by atoms with Gasteiger partial charge in [0.05, 0.1) is 5.92 Å². The molecule has 6 nitrogen and oxygen atoms in total. The van der Waals surface area contributed by atoms with Gasteiger partial charge in [-0.1, -0.05) is 45.0 Å². The van der Waals surface area contributed by atoms with Gasteiger partial charge in [-0.15, -0.1) is 0 Å². The predicted octanol–water partition coefficient (Wildman–Crippen LogP) is 2.33. The molecule has 2 fully saturated rings. The van der Waals surface area contributed by atoms with E-state index in [2.05, 4.69) is 46.4 Å². The number of rotatable bonds is 5. The molecule has 2 amide bonds. The molecule has 1 unspecified atom stereocenters. The molecule has 0 bridgehead atoms. The van der Waals surface area contributed by atoms with Crippen LogP contribution in [-0.2, 0) is 22.7 Å². The van der Waals surface area contributed by atoms with E-state index in [0.717, 1.165) is 57.7 Å². The van der Waals surface area contributed by atoms with E-state index in [1.807, 2.05) is 25.7 Å². The minimum atomic E-state index is -0.400. The van der Waals surface area contributed by atoms with Crippen molar-refractivity contribution < 1.29 is 9.59 Å². The Balaban J connectivity index is 1.50. The van der Waals surface area contributed by atoms with Gasteiger partial charge in [0.15, 0.2) is 0 Å². The largest absolute Gasteiger partial charge is 0.352 e. The van der Waals surface area contributed by atoms with Gasteiger partial charge in [0.2, 0.25) is 11.8 Å². The summed E-state index contributed by atoms with van der Waals surface area (Å²) >= 11 is 0. The fourth-order valence-electron chi connectivity index (χ4n) is 4.29. The zero-order valence-electron chi connectivity index (χ0n) is 19.1. The first kappa shape index (κ1) is 22.8. The van der Waals surface area contributed by atoms with Gasteiger partial charge >= 0.3 is 0 Å². The molecule has 2 aliphatic heterocycles. The van der Waals surface area contributed by atoms with Gasteiger partial charge in [-0.05, 0) is 31.0 Å². The molecule has 166 valence electrons. The molecule has 0 saturated carbocycles. The molecule has 6 heteroatoms. The number of hydrogen-bond acceptors (Lipinski definition) is 4. The molecule has 1 aromatic carbocycles. The van der Waals surface area contributed by atoms with Crippen LogP contribution in [0.1, 0.15) is 44.7 Å². The molecular weight excluding hydrogens is 376 g/mol. The van der Waals surface area contributed by atoms with Gasteiger partial charge in [-0.3, -0.25) is 14.5 Å². The Morgan fingerprint density at radius 3 is 2.47 bits per heavy atom. The second-order valence-corrected chi connectivity index (χ2v) is 9.96. The normalized spacial score (nSPS) is 21.5. The van der Waals surface area contributed by atoms with Crippen LogP contribution < -0.4 is 5.32 Å². The number of amides is 2. The number of nitrogens with zero attached hydrogens (tertiary/aromatic N) is 3. The lowest BCUT2D eigenvalue weighted by Gasteiger charge is -2.35. The molecule has 0 aliphatic carbocycles. The Morgan fingerprint density at radius 2 is 1.77 bits per heavy atom. The monoisotopic (exact) mass is 414 g/mol. The van der Waals surface area contributed by atoms with Crippen LogP contribution in [0.5, 0.6) is 0 Å². The van der Waals surface area contributed by atoms with Gasteiger partial charge in [0.1, 0.15) is 0 Å². The SMILES string of the molecule is CN1CCN(Cc2cccc(CNC(=O)C3CCCN(C(=O)C(C)(C)C)C3)c2)CC1. The van der Waals surface area contributed by atoms with E-state index < -0.39 is 5.41 Å². The molecule has 1 atom stereocenters. The number of likely N-dealkylation sites (N-methyl/N-ethyl adjacent to an activating group) is 1. The van der Waals surface area contributed by atoms with Crippen molar-refractivity contribution in [2.75, 3.05) is 46.3 Å². The number of nitrogens with one attached hydrogen (secondary N) is 1. The lowest BCUT2D eigenvalue weighted by molar-refractivity contribution is -0.142. The third-order valence-corrected chi connectivity index (χ3v) is 6.18. The summed E-state index contributed by atoms with van der Waals surface area (Å²) in [6.45, 7) is 13.0. The number of hydrogen-bond donors (Lipinski definition) is 1. The van der Waals surface area contributed by atoms with Gasteiger partial charge in [0, 0.05) is 57.8 Å². The molecule has 3 rings (SSSR count). The Bertz CT molecular complexity index is 735. The van der Waals surface area contributed by atoms with Crippen LogP contribution in [0, 0.1) is 11.3 Å². The van der Waals surface area contributed by atoms with E-state index >= 15 is 0 Å². The highest BCUT2D eigenvalue weighted by Gasteiger charge is 2.33. The zero-order valence-corrected chi connectivity index (χ0v) is 19.1. The summed E-state index contributed by atoms with van der Waals surface area (Å²) < 4.78 is 0. The fraction of sp³-hybridized carbons (Fsp3) is 0.667. The first-order chi connectivity index (χ1) is 14.2. The molecule has 2 heterocycles. The number of carbonyl (C=O) groups is 2. The van der Waals surface area contributed by atoms with Crippen LogP contribution in [-0.4, -0.2) is 72.8 Å². The van der Waals surface area contributed by atoms with E-state index in [4.69, 9.17) is 0 Å². The predicted molar refractivity (Wildman–Crippen MR) is 120 cm³/mol. The Kier molecular flexibility index (Phi) is 7.53. The third kappa shape index (κ3) is 6.29. The summed E-state index contributed by atoms with van der Waals surface area (Å²) in [6.07, 6.45) is 1.74.